The van der Waals surface area contributed by atoms with E-state index in [0.29, 0.717) is 13.1 Å². The Morgan fingerprint density at radius 2 is 1.71 bits per heavy atom. The highest BCUT2D eigenvalue weighted by molar-refractivity contribution is 5.76. The summed E-state index contributed by atoms with van der Waals surface area (Å²) in [7, 11) is 1.67. The average Bonchev–Trinajstić information content (AvgIpc) is 2.96. The maximum absolute atomic E-state index is 12.6. The van der Waals surface area contributed by atoms with Crippen molar-refractivity contribution in [2.75, 3.05) is 20.2 Å². The smallest absolute Gasteiger partial charge is 0.334 e. The summed E-state index contributed by atoms with van der Waals surface area (Å²) in [6, 6.07) is 16.6. The number of hydrogen-bond donors (Lipinski definition) is 1. The van der Waals surface area contributed by atoms with Crippen LogP contribution in [-0.4, -0.2) is 36.1 Å². The second-order valence-corrected chi connectivity index (χ2v) is 8.47. The number of rotatable bonds is 6. The highest BCUT2D eigenvalue weighted by Gasteiger charge is 2.36. The van der Waals surface area contributed by atoms with E-state index in [1.54, 1.807) is 7.11 Å². The Bertz CT molecular complexity index is 794. The molecule has 0 aliphatic carbocycles. The van der Waals surface area contributed by atoms with Gasteiger partial charge in [-0.15, -0.1) is 0 Å². The van der Waals surface area contributed by atoms with Gasteiger partial charge in [0.1, 0.15) is 5.75 Å². The van der Waals surface area contributed by atoms with Crippen molar-refractivity contribution in [3.8, 4) is 5.75 Å². The fourth-order valence-electron chi connectivity index (χ4n) is 3.65. The molecule has 1 fully saturated rings. The molecule has 0 spiro atoms. The van der Waals surface area contributed by atoms with E-state index in [9.17, 15) is 4.79 Å². The summed E-state index contributed by atoms with van der Waals surface area (Å²) in [5, 5.41) is 1.33. The van der Waals surface area contributed by atoms with Crippen LogP contribution in [0, 0.1) is 0 Å². The molecular formula is C23H31N3O2. The van der Waals surface area contributed by atoms with E-state index in [-0.39, 0.29) is 17.5 Å². The van der Waals surface area contributed by atoms with E-state index in [0.717, 1.165) is 24.2 Å². The van der Waals surface area contributed by atoms with E-state index in [1.807, 2.05) is 17.0 Å². The molecule has 0 aromatic heterocycles. The number of carbonyl (C=O) groups excluding carboxylic acids is 1. The van der Waals surface area contributed by atoms with Crippen molar-refractivity contribution >= 4 is 6.03 Å². The average molecular weight is 382 g/mol. The quantitative estimate of drug-likeness (QED) is 0.600. The SMILES string of the molecule is COc1ccc(CCCN2C(=O)N(N)CC2c2ccc(C(C)(C)C)cc2)cc1. The summed E-state index contributed by atoms with van der Waals surface area (Å²) in [6.45, 7) is 7.82. The number of nitrogens with two attached hydrogens (primary N) is 1. The summed E-state index contributed by atoms with van der Waals surface area (Å²) < 4.78 is 5.20. The van der Waals surface area contributed by atoms with Gasteiger partial charge in [0.25, 0.3) is 0 Å². The number of aryl methyl sites for hydroxylation is 1. The molecule has 28 heavy (non-hydrogen) atoms. The predicted molar refractivity (Wildman–Crippen MR) is 112 cm³/mol. The van der Waals surface area contributed by atoms with Crippen LogP contribution in [0.3, 0.4) is 0 Å². The standard InChI is InChI=1S/C23H31N3O2/c1-23(2,3)19-11-9-18(10-12-19)21-16-26(24)22(27)25(21)15-5-6-17-7-13-20(28-4)14-8-17/h7-14,21H,5-6,15-16,24H2,1-4H3. The first kappa shape index (κ1) is 20.2. The lowest BCUT2D eigenvalue weighted by molar-refractivity contribution is 0.186. The normalized spacial score (nSPS) is 17.3. The Morgan fingerprint density at radius 1 is 1.07 bits per heavy atom. The second kappa shape index (κ2) is 8.23. The molecule has 150 valence electrons. The number of hydrazine groups is 1. The molecule has 3 rings (SSSR count). The van der Waals surface area contributed by atoms with Crippen LogP contribution in [0.1, 0.15) is 49.9 Å². The van der Waals surface area contributed by atoms with Gasteiger partial charge in [-0.2, -0.15) is 0 Å². The third-order valence-electron chi connectivity index (χ3n) is 5.42. The maximum Gasteiger partial charge on any atom is 0.334 e. The lowest BCUT2D eigenvalue weighted by Gasteiger charge is -2.25. The molecule has 2 N–H and O–H groups in total. The minimum absolute atomic E-state index is 0.00221. The van der Waals surface area contributed by atoms with Gasteiger partial charge in [-0.3, -0.25) is 5.01 Å². The lowest BCUT2D eigenvalue weighted by Crippen LogP contribution is -2.37. The number of amides is 2. The second-order valence-electron chi connectivity index (χ2n) is 8.47. The van der Waals surface area contributed by atoms with Crippen LogP contribution < -0.4 is 10.6 Å². The third kappa shape index (κ3) is 4.47. The topological polar surface area (TPSA) is 58.8 Å². The molecule has 5 heteroatoms. The van der Waals surface area contributed by atoms with Gasteiger partial charge in [0.15, 0.2) is 0 Å². The molecule has 1 unspecified atom stereocenters. The summed E-state index contributed by atoms with van der Waals surface area (Å²) in [5.41, 5.74) is 3.78. The molecule has 1 heterocycles. The van der Waals surface area contributed by atoms with Gasteiger partial charge in [0, 0.05) is 6.54 Å². The zero-order valence-electron chi connectivity index (χ0n) is 17.3. The number of nitrogens with zero attached hydrogens (tertiary/aromatic N) is 2. The zero-order chi connectivity index (χ0) is 20.3. The Balaban J connectivity index is 1.66. The summed E-state index contributed by atoms with van der Waals surface area (Å²) in [5.74, 6) is 6.80. The van der Waals surface area contributed by atoms with Crippen molar-refractivity contribution in [2.24, 2.45) is 5.84 Å². The number of carbonyl (C=O) groups is 1. The first-order valence-corrected chi connectivity index (χ1v) is 9.86. The largest absolute Gasteiger partial charge is 0.497 e. The van der Waals surface area contributed by atoms with Gasteiger partial charge in [0.2, 0.25) is 0 Å². The predicted octanol–water partition coefficient (Wildman–Crippen LogP) is 4.28. The maximum atomic E-state index is 12.6. The van der Waals surface area contributed by atoms with E-state index in [1.165, 1.54) is 16.1 Å². The molecule has 0 bridgehead atoms. The van der Waals surface area contributed by atoms with Gasteiger partial charge >= 0.3 is 6.03 Å². The van der Waals surface area contributed by atoms with Crippen molar-refractivity contribution in [1.82, 2.24) is 9.91 Å². The van der Waals surface area contributed by atoms with Crippen LogP contribution >= 0.6 is 0 Å². The van der Waals surface area contributed by atoms with Crippen LogP contribution in [0.25, 0.3) is 0 Å². The Kier molecular flexibility index (Phi) is 5.94. The molecule has 1 atom stereocenters. The highest BCUT2D eigenvalue weighted by atomic mass is 16.5. The molecule has 1 saturated heterocycles. The fraction of sp³-hybridized carbons (Fsp3) is 0.435. The van der Waals surface area contributed by atoms with Crippen molar-refractivity contribution in [2.45, 2.75) is 45.1 Å². The van der Waals surface area contributed by atoms with E-state index < -0.39 is 0 Å². The Labute approximate surface area is 168 Å². The van der Waals surface area contributed by atoms with Gasteiger partial charge in [-0.05, 0) is 47.1 Å². The summed E-state index contributed by atoms with van der Waals surface area (Å²) >= 11 is 0. The molecule has 1 aliphatic heterocycles. The molecule has 5 nitrogen and oxygen atoms in total. The number of hydrogen-bond acceptors (Lipinski definition) is 3. The third-order valence-corrected chi connectivity index (χ3v) is 5.42. The first-order valence-electron chi connectivity index (χ1n) is 9.86. The minimum atomic E-state index is -0.0976. The minimum Gasteiger partial charge on any atom is -0.497 e. The first-order chi connectivity index (χ1) is 13.3. The van der Waals surface area contributed by atoms with Crippen LogP contribution in [0.2, 0.25) is 0 Å². The van der Waals surface area contributed by atoms with Crippen molar-refractivity contribution in [3.05, 3.63) is 65.2 Å². The molecule has 0 saturated carbocycles. The van der Waals surface area contributed by atoms with Gasteiger partial charge in [-0.1, -0.05) is 57.2 Å². The molecule has 0 radical (unpaired) electrons. The number of urea groups is 1. The molecule has 1 aliphatic rings. The molecule has 2 amide bonds. The van der Waals surface area contributed by atoms with Crippen molar-refractivity contribution < 1.29 is 9.53 Å². The van der Waals surface area contributed by atoms with Crippen molar-refractivity contribution in [3.63, 3.8) is 0 Å². The Hall–Kier alpha value is -2.53. The number of ether oxygens (including phenoxy) is 1. The molecule has 2 aromatic rings. The van der Waals surface area contributed by atoms with Crippen LogP contribution in [0.5, 0.6) is 5.75 Å². The van der Waals surface area contributed by atoms with E-state index >= 15 is 0 Å². The number of benzene rings is 2. The van der Waals surface area contributed by atoms with Crippen LogP contribution in [0.15, 0.2) is 48.5 Å². The van der Waals surface area contributed by atoms with Crippen molar-refractivity contribution in [1.29, 1.82) is 0 Å². The fourth-order valence-corrected chi connectivity index (χ4v) is 3.65. The zero-order valence-corrected chi connectivity index (χ0v) is 17.3. The van der Waals surface area contributed by atoms with Crippen LogP contribution in [0.4, 0.5) is 4.79 Å². The highest BCUT2D eigenvalue weighted by Crippen LogP contribution is 2.30. The van der Waals surface area contributed by atoms with E-state index in [2.05, 4.69) is 57.2 Å². The van der Waals surface area contributed by atoms with Crippen LogP contribution in [-0.2, 0) is 11.8 Å². The number of methoxy groups -OCH3 is 1. The van der Waals surface area contributed by atoms with Gasteiger partial charge in [0.05, 0.1) is 19.7 Å². The van der Waals surface area contributed by atoms with Gasteiger partial charge in [-0.25, -0.2) is 10.6 Å². The summed E-state index contributed by atoms with van der Waals surface area (Å²) in [4.78, 5) is 14.4. The lowest BCUT2D eigenvalue weighted by atomic mass is 9.86. The molecule has 2 aromatic carbocycles. The van der Waals surface area contributed by atoms with E-state index in [4.69, 9.17) is 10.6 Å². The summed E-state index contributed by atoms with van der Waals surface area (Å²) in [6.07, 6.45) is 1.80. The monoisotopic (exact) mass is 381 g/mol. The molecular weight excluding hydrogens is 350 g/mol. The van der Waals surface area contributed by atoms with Gasteiger partial charge < -0.3 is 9.64 Å². The Morgan fingerprint density at radius 3 is 2.29 bits per heavy atom.